The summed E-state index contributed by atoms with van der Waals surface area (Å²) in [5.41, 5.74) is 2.68. The highest BCUT2D eigenvalue weighted by Gasteiger charge is 2.09. The molecule has 0 amide bonds. The van der Waals surface area contributed by atoms with Crippen LogP contribution in [0.2, 0.25) is 0 Å². The molecular weight excluding hydrogens is 208 g/mol. The Labute approximate surface area is 103 Å². The Morgan fingerprint density at radius 3 is 2.59 bits per heavy atom. The number of hydrogen-bond donors (Lipinski definition) is 1. The second-order valence-corrected chi connectivity index (χ2v) is 4.27. The van der Waals surface area contributed by atoms with E-state index in [4.69, 9.17) is 0 Å². The Balaban J connectivity index is 2.19. The van der Waals surface area contributed by atoms with E-state index in [1.807, 2.05) is 0 Å². The first-order valence-corrected chi connectivity index (χ1v) is 6.24. The fourth-order valence-electron chi connectivity index (χ4n) is 2.10. The molecule has 0 spiro atoms. The Bertz CT molecular complexity index is 445. The third kappa shape index (κ3) is 2.77. The van der Waals surface area contributed by atoms with E-state index in [2.05, 4.69) is 72.4 Å². The molecule has 0 aliphatic rings. The molecule has 2 nitrogen and oxygen atoms in total. The first-order chi connectivity index (χ1) is 8.33. The minimum Gasteiger partial charge on any atom is -0.343 e. The third-order valence-corrected chi connectivity index (χ3v) is 3.12. The molecular formula is C15H20N2. The molecule has 1 aromatic carbocycles. The van der Waals surface area contributed by atoms with Gasteiger partial charge in [0.25, 0.3) is 0 Å². The summed E-state index contributed by atoms with van der Waals surface area (Å²) in [7, 11) is 0. The smallest absolute Gasteiger partial charge is 0.0555 e. The Morgan fingerprint density at radius 2 is 1.88 bits per heavy atom. The topological polar surface area (TPSA) is 17.0 Å². The maximum absolute atomic E-state index is 3.38. The van der Waals surface area contributed by atoms with Crippen LogP contribution in [0.5, 0.6) is 0 Å². The minimum atomic E-state index is 0.389. The number of aromatic nitrogens is 1. The molecule has 1 N–H and O–H groups in total. The third-order valence-electron chi connectivity index (χ3n) is 3.12. The van der Waals surface area contributed by atoms with Crippen LogP contribution in [0, 0.1) is 0 Å². The van der Waals surface area contributed by atoms with Crippen molar-refractivity contribution in [1.29, 1.82) is 0 Å². The standard InChI is InChI=1S/C15H20N2/c1-3-16-12-15-10-7-11-17(15)13(2)14-8-5-4-6-9-14/h4-11,13,16H,3,12H2,1-2H3. The molecule has 0 bridgehead atoms. The van der Waals surface area contributed by atoms with Crippen LogP contribution in [0.1, 0.15) is 31.1 Å². The predicted octanol–water partition coefficient (Wildman–Crippen LogP) is 3.21. The number of hydrogen-bond acceptors (Lipinski definition) is 1. The predicted molar refractivity (Wildman–Crippen MR) is 72.1 cm³/mol. The highest BCUT2D eigenvalue weighted by atomic mass is 15.0. The van der Waals surface area contributed by atoms with Crippen LogP contribution in [0.25, 0.3) is 0 Å². The molecule has 2 heteroatoms. The maximum Gasteiger partial charge on any atom is 0.0555 e. The van der Waals surface area contributed by atoms with Crippen LogP contribution >= 0.6 is 0 Å². The fourth-order valence-corrected chi connectivity index (χ4v) is 2.10. The van der Waals surface area contributed by atoms with E-state index in [1.165, 1.54) is 11.3 Å². The average molecular weight is 228 g/mol. The fraction of sp³-hybridized carbons (Fsp3) is 0.333. The zero-order valence-electron chi connectivity index (χ0n) is 10.6. The molecule has 0 aliphatic carbocycles. The van der Waals surface area contributed by atoms with Crippen molar-refractivity contribution in [2.45, 2.75) is 26.4 Å². The van der Waals surface area contributed by atoms with Crippen LogP contribution < -0.4 is 5.32 Å². The molecule has 0 radical (unpaired) electrons. The van der Waals surface area contributed by atoms with Gasteiger partial charge < -0.3 is 9.88 Å². The summed E-state index contributed by atoms with van der Waals surface area (Å²) in [5, 5.41) is 3.38. The van der Waals surface area contributed by atoms with Gasteiger partial charge in [-0.25, -0.2) is 0 Å². The molecule has 0 fully saturated rings. The molecule has 1 aromatic heterocycles. The van der Waals surface area contributed by atoms with Crippen molar-refractivity contribution in [1.82, 2.24) is 9.88 Å². The van der Waals surface area contributed by atoms with Gasteiger partial charge in [0.1, 0.15) is 0 Å². The van der Waals surface area contributed by atoms with E-state index in [-0.39, 0.29) is 0 Å². The Kier molecular flexibility index (Phi) is 3.99. The highest BCUT2D eigenvalue weighted by molar-refractivity contribution is 5.21. The Morgan fingerprint density at radius 1 is 1.12 bits per heavy atom. The van der Waals surface area contributed by atoms with Gasteiger partial charge in [-0.05, 0) is 31.2 Å². The van der Waals surface area contributed by atoms with Gasteiger partial charge in [0.15, 0.2) is 0 Å². The lowest BCUT2D eigenvalue weighted by Crippen LogP contribution is -2.17. The molecule has 0 saturated carbocycles. The molecule has 2 aromatic rings. The van der Waals surface area contributed by atoms with E-state index in [1.54, 1.807) is 0 Å². The summed E-state index contributed by atoms with van der Waals surface area (Å²) in [6.07, 6.45) is 2.16. The van der Waals surface area contributed by atoms with Crippen molar-refractivity contribution in [3.8, 4) is 0 Å². The lowest BCUT2D eigenvalue weighted by atomic mass is 10.1. The van der Waals surface area contributed by atoms with Crippen LogP contribution in [0.15, 0.2) is 48.7 Å². The van der Waals surface area contributed by atoms with Gasteiger partial charge in [-0.2, -0.15) is 0 Å². The lowest BCUT2D eigenvalue weighted by Gasteiger charge is -2.18. The van der Waals surface area contributed by atoms with Crippen molar-refractivity contribution in [2.24, 2.45) is 0 Å². The van der Waals surface area contributed by atoms with Crippen molar-refractivity contribution in [2.75, 3.05) is 6.54 Å². The monoisotopic (exact) mass is 228 g/mol. The highest BCUT2D eigenvalue weighted by Crippen LogP contribution is 2.19. The van der Waals surface area contributed by atoms with Crippen molar-refractivity contribution < 1.29 is 0 Å². The maximum atomic E-state index is 3.38. The van der Waals surface area contributed by atoms with Gasteiger partial charge in [0.05, 0.1) is 6.04 Å². The summed E-state index contributed by atoms with van der Waals surface area (Å²) in [4.78, 5) is 0. The number of nitrogens with one attached hydrogen (secondary N) is 1. The van der Waals surface area contributed by atoms with Crippen molar-refractivity contribution in [3.05, 3.63) is 59.9 Å². The molecule has 2 rings (SSSR count). The van der Waals surface area contributed by atoms with Gasteiger partial charge in [0, 0.05) is 18.4 Å². The SMILES string of the molecule is CCNCc1cccn1C(C)c1ccccc1. The number of benzene rings is 1. The summed E-state index contributed by atoms with van der Waals surface area (Å²) < 4.78 is 2.33. The van der Waals surface area contributed by atoms with Gasteiger partial charge >= 0.3 is 0 Å². The van der Waals surface area contributed by atoms with Crippen LogP contribution in [-0.4, -0.2) is 11.1 Å². The van der Waals surface area contributed by atoms with Crippen molar-refractivity contribution in [3.63, 3.8) is 0 Å². The Hall–Kier alpha value is -1.54. The average Bonchev–Trinajstić information content (AvgIpc) is 2.84. The van der Waals surface area contributed by atoms with Crippen LogP contribution in [0.3, 0.4) is 0 Å². The molecule has 17 heavy (non-hydrogen) atoms. The van der Waals surface area contributed by atoms with E-state index in [9.17, 15) is 0 Å². The summed E-state index contributed by atoms with van der Waals surface area (Å²) in [5.74, 6) is 0. The van der Waals surface area contributed by atoms with Gasteiger partial charge in [-0.1, -0.05) is 37.3 Å². The van der Waals surface area contributed by atoms with Gasteiger partial charge in [-0.3, -0.25) is 0 Å². The van der Waals surface area contributed by atoms with Crippen LogP contribution in [0.4, 0.5) is 0 Å². The van der Waals surface area contributed by atoms with Gasteiger partial charge in [0.2, 0.25) is 0 Å². The molecule has 1 unspecified atom stereocenters. The largest absolute Gasteiger partial charge is 0.343 e. The molecule has 1 heterocycles. The summed E-state index contributed by atoms with van der Waals surface area (Å²) >= 11 is 0. The molecule has 1 atom stereocenters. The van der Waals surface area contributed by atoms with E-state index in [0.29, 0.717) is 6.04 Å². The summed E-state index contributed by atoms with van der Waals surface area (Å²) in [6, 6.07) is 15.3. The molecule has 0 saturated heterocycles. The van der Waals surface area contributed by atoms with Crippen molar-refractivity contribution >= 4 is 0 Å². The zero-order valence-corrected chi connectivity index (χ0v) is 10.6. The quantitative estimate of drug-likeness (QED) is 0.831. The normalized spacial score (nSPS) is 12.6. The zero-order chi connectivity index (χ0) is 12.1. The first-order valence-electron chi connectivity index (χ1n) is 6.24. The van der Waals surface area contributed by atoms with E-state index >= 15 is 0 Å². The first kappa shape index (κ1) is 11.9. The molecule has 0 aliphatic heterocycles. The van der Waals surface area contributed by atoms with Gasteiger partial charge in [-0.15, -0.1) is 0 Å². The minimum absolute atomic E-state index is 0.389. The lowest BCUT2D eigenvalue weighted by molar-refractivity contribution is 0.584. The van der Waals surface area contributed by atoms with Crippen LogP contribution in [-0.2, 0) is 6.54 Å². The second-order valence-electron chi connectivity index (χ2n) is 4.27. The summed E-state index contributed by atoms with van der Waals surface area (Å²) in [6.45, 7) is 6.31. The second kappa shape index (κ2) is 5.69. The van der Waals surface area contributed by atoms with E-state index in [0.717, 1.165) is 13.1 Å². The number of nitrogens with zero attached hydrogens (tertiary/aromatic N) is 1. The van der Waals surface area contributed by atoms with E-state index < -0.39 is 0 Å². The molecule has 90 valence electrons. The number of rotatable bonds is 5.